The van der Waals surface area contributed by atoms with E-state index in [2.05, 4.69) is 15.5 Å². The number of amides is 1. The summed E-state index contributed by atoms with van der Waals surface area (Å²) in [6, 6.07) is 11.8. The molecule has 0 atom stereocenters. The molecule has 5 heteroatoms. The molecule has 3 rings (SSSR count). The van der Waals surface area contributed by atoms with Crippen LogP contribution in [0, 0.1) is 6.92 Å². The number of aromatic amines is 1. The number of hydrogen-bond acceptors (Lipinski definition) is 3. The van der Waals surface area contributed by atoms with Gasteiger partial charge in [-0.25, -0.2) is 5.43 Å². The van der Waals surface area contributed by atoms with Gasteiger partial charge in [0.05, 0.1) is 5.71 Å². The third-order valence-electron chi connectivity index (χ3n) is 3.22. The Morgan fingerprint density at radius 1 is 1.29 bits per heavy atom. The molecule has 21 heavy (non-hydrogen) atoms. The molecule has 0 aliphatic rings. The van der Waals surface area contributed by atoms with Gasteiger partial charge in [0.25, 0.3) is 5.91 Å². The monoisotopic (exact) mass is 297 g/mol. The summed E-state index contributed by atoms with van der Waals surface area (Å²) in [6.45, 7) is 3.90. The number of thiophene rings is 1. The molecule has 2 aromatic heterocycles. The second-order valence-electron chi connectivity index (χ2n) is 4.89. The summed E-state index contributed by atoms with van der Waals surface area (Å²) in [6.07, 6.45) is 0. The largest absolute Gasteiger partial charge is 0.350 e. The number of rotatable bonds is 3. The number of nitrogens with zero attached hydrogens (tertiary/aromatic N) is 1. The molecular formula is C16H15N3OS. The number of fused-ring (bicyclic) bond motifs is 1. The van der Waals surface area contributed by atoms with Crippen molar-refractivity contribution >= 4 is 33.9 Å². The van der Waals surface area contributed by atoms with Gasteiger partial charge in [0, 0.05) is 15.8 Å². The first kappa shape index (κ1) is 13.6. The Balaban J connectivity index is 1.79. The number of carbonyl (C=O) groups excluding carboxylic acids is 1. The first-order chi connectivity index (χ1) is 10.1. The van der Waals surface area contributed by atoms with Crippen molar-refractivity contribution in [3.8, 4) is 0 Å². The SMILES string of the molecule is CC(=NNC(=O)c1cc2cc(C)ccc2[nH]1)c1cccs1. The van der Waals surface area contributed by atoms with Crippen LogP contribution in [0.3, 0.4) is 0 Å². The average Bonchev–Trinajstić information content (AvgIpc) is 3.12. The number of aromatic nitrogens is 1. The second kappa shape index (κ2) is 5.54. The van der Waals surface area contributed by atoms with Gasteiger partial charge in [-0.15, -0.1) is 11.3 Å². The molecule has 0 aliphatic heterocycles. The van der Waals surface area contributed by atoms with Gasteiger partial charge in [-0.3, -0.25) is 4.79 Å². The molecule has 0 aliphatic carbocycles. The highest BCUT2D eigenvalue weighted by atomic mass is 32.1. The number of hydrazone groups is 1. The molecule has 0 spiro atoms. The van der Waals surface area contributed by atoms with Crippen LogP contribution >= 0.6 is 11.3 Å². The van der Waals surface area contributed by atoms with E-state index in [1.807, 2.05) is 55.6 Å². The Labute approximate surface area is 126 Å². The first-order valence-corrected chi connectivity index (χ1v) is 7.49. The van der Waals surface area contributed by atoms with E-state index in [0.717, 1.165) is 21.5 Å². The van der Waals surface area contributed by atoms with Crippen LogP contribution in [0.5, 0.6) is 0 Å². The lowest BCUT2D eigenvalue weighted by atomic mass is 10.2. The Kier molecular flexibility index (Phi) is 3.58. The van der Waals surface area contributed by atoms with Gasteiger partial charge in [-0.1, -0.05) is 17.7 Å². The number of benzene rings is 1. The van der Waals surface area contributed by atoms with Crippen LogP contribution < -0.4 is 5.43 Å². The fourth-order valence-corrected chi connectivity index (χ4v) is 2.79. The lowest BCUT2D eigenvalue weighted by Gasteiger charge is -1.99. The van der Waals surface area contributed by atoms with Crippen molar-refractivity contribution in [3.63, 3.8) is 0 Å². The minimum Gasteiger partial charge on any atom is -0.350 e. The quantitative estimate of drug-likeness (QED) is 0.562. The van der Waals surface area contributed by atoms with E-state index in [4.69, 9.17) is 0 Å². The third kappa shape index (κ3) is 2.87. The lowest BCUT2D eigenvalue weighted by molar-refractivity contribution is 0.0950. The summed E-state index contributed by atoms with van der Waals surface area (Å²) in [4.78, 5) is 16.3. The number of hydrogen-bond donors (Lipinski definition) is 2. The predicted octanol–water partition coefficient (Wildman–Crippen LogP) is 3.69. The normalized spacial score (nSPS) is 11.8. The van der Waals surface area contributed by atoms with Crippen molar-refractivity contribution in [1.29, 1.82) is 0 Å². The van der Waals surface area contributed by atoms with Gasteiger partial charge in [0.2, 0.25) is 0 Å². The van der Waals surface area contributed by atoms with Gasteiger partial charge in [0.15, 0.2) is 0 Å². The maximum atomic E-state index is 12.1. The van der Waals surface area contributed by atoms with Gasteiger partial charge < -0.3 is 4.98 Å². The molecule has 0 saturated heterocycles. The number of H-pyrrole nitrogens is 1. The molecule has 0 saturated carbocycles. The van der Waals surface area contributed by atoms with E-state index in [9.17, 15) is 4.79 Å². The number of carbonyl (C=O) groups is 1. The molecule has 0 bridgehead atoms. The van der Waals surface area contributed by atoms with Crippen molar-refractivity contribution in [3.05, 3.63) is 57.9 Å². The van der Waals surface area contributed by atoms with Crippen molar-refractivity contribution in [2.24, 2.45) is 5.10 Å². The fraction of sp³-hybridized carbons (Fsp3) is 0.125. The van der Waals surface area contributed by atoms with Crippen molar-refractivity contribution in [2.45, 2.75) is 13.8 Å². The van der Waals surface area contributed by atoms with Crippen LogP contribution in [0.15, 0.2) is 46.9 Å². The smallest absolute Gasteiger partial charge is 0.287 e. The molecule has 0 radical (unpaired) electrons. The zero-order chi connectivity index (χ0) is 14.8. The minimum atomic E-state index is -0.236. The van der Waals surface area contributed by atoms with Crippen LogP contribution in [0.4, 0.5) is 0 Å². The second-order valence-corrected chi connectivity index (χ2v) is 5.84. The molecule has 1 amide bonds. The molecule has 0 unspecified atom stereocenters. The van der Waals surface area contributed by atoms with E-state index in [1.165, 1.54) is 5.56 Å². The lowest BCUT2D eigenvalue weighted by Crippen LogP contribution is -2.19. The molecule has 2 N–H and O–H groups in total. The van der Waals surface area contributed by atoms with Crippen LogP contribution in [-0.4, -0.2) is 16.6 Å². The van der Waals surface area contributed by atoms with Crippen LogP contribution in [0.1, 0.15) is 27.9 Å². The minimum absolute atomic E-state index is 0.236. The zero-order valence-corrected chi connectivity index (χ0v) is 12.6. The van der Waals surface area contributed by atoms with Gasteiger partial charge >= 0.3 is 0 Å². The van der Waals surface area contributed by atoms with E-state index >= 15 is 0 Å². The molecule has 106 valence electrons. The maximum absolute atomic E-state index is 12.1. The third-order valence-corrected chi connectivity index (χ3v) is 4.20. The Bertz CT molecular complexity index is 815. The van der Waals surface area contributed by atoms with E-state index < -0.39 is 0 Å². The highest BCUT2D eigenvalue weighted by Crippen LogP contribution is 2.17. The molecular weight excluding hydrogens is 282 g/mol. The standard InChI is InChI=1S/C16H15N3OS/c1-10-5-6-13-12(8-10)9-14(17-13)16(20)19-18-11(2)15-4-3-7-21-15/h3-9,17H,1-2H3,(H,19,20). The van der Waals surface area contributed by atoms with Gasteiger partial charge in [-0.05, 0) is 43.5 Å². The zero-order valence-electron chi connectivity index (χ0n) is 11.8. The summed E-state index contributed by atoms with van der Waals surface area (Å²) in [5.41, 5.74) is 6.01. The average molecular weight is 297 g/mol. The Hall–Kier alpha value is -2.40. The molecule has 2 heterocycles. The predicted molar refractivity (Wildman–Crippen MR) is 87.0 cm³/mol. The van der Waals surface area contributed by atoms with Crippen molar-refractivity contribution < 1.29 is 4.79 Å². The van der Waals surface area contributed by atoms with Crippen LogP contribution in [0.2, 0.25) is 0 Å². The van der Waals surface area contributed by atoms with Gasteiger partial charge in [-0.2, -0.15) is 5.10 Å². The topological polar surface area (TPSA) is 57.2 Å². The number of nitrogens with one attached hydrogen (secondary N) is 2. The fourth-order valence-electron chi connectivity index (χ4n) is 2.11. The highest BCUT2D eigenvalue weighted by Gasteiger charge is 2.09. The van der Waals surface area contributed by atoms with Crippen LogP contribution in [-0.2, 0) is 0 Å². The summed E-state index contributed by atoms with van der Waals surface area (Å²) >= 11 is 1.59. The Morgan fingerprint density at radius 3 is 2.90 bits per heavy atom. The molecule has 1 aromatic carbocycles. The van der Waals surface area contributed by atoms with E-state index in [-0.39, 0.29) is 5.91 Å². The maximum Gasteiger partial charge on any atom is 0.287 e. The summed E-state index contributed by atoms with van der Waals surface area (Å²) in [7, 11) is 0. The molecule has 0 fully saturated rings. The summed E-state index contributed by atoms with van der Waals surface area (Å²) in [5.74, 6) is -0.236. The van der Waals surface area contributed by atoms with Crippen molar-refractivity contribution in [1.82, 2.24) is 10.4 Å². The highest BCUT2D eigenvalue weighted by molar-refractivity contribution is 7.12. The molecule has 4 nitrogen and oxygen atoms in total. The first-order valence-electron chi connectivity index (χ1n) is 6.61. The summed E-state index contributed by atoms with van der Waals surface area (Å²) < 4.78 is 0. The Morgan fingerprint density at radius 2 is 2.14 bits per heavy atom. The van der Waals surface area contributed by atoms with E-state index in [1.54, 1.807) is 11.3 Å². The van der Waals surface area contributed by atoms with Crippen LogP contribution in [0.25, 0.3) is 10.9 Å². The van der Waals surface area contributed by atoms with Gasteiger partial charge in [0.1, 0.15) is 5.69 Å². The molecule has 3 aromatic rings. The summed E-state index contributed by atoms with van der Waals surface area (Å²) in [5, 5.41) is 7.15. The van der Waals surface area contributed by atoms with E-state index in [0.29, 0.717) is 5.69 Å². The van der Waals surface area contributed by atoms with Crippen molar-refractivity contribution in [2.75, 3.05) is 0 Å². The number of aryl methyl sites for hydroxylation is 1.